The van der Waals surface area contributed by atoms with Crippen molar-refractivity contribution in [2.24, 2.45) is 0 Å². The Morgan fingerprint density at radius 3 is 2.80 bits per heavy atom. The Labute approximate surface area is 125 Å². The summed E-state index contributed by atoms with van der Waals surface area (Å²) in [5.74, 6) is 0.864. The topological polar surface area (TPSA) is 55.4 Å². The van der Waals surface area contributed by atoms with Crippen LogP contribution in [0.1, 0.15) is 19.4 Å². The molecule has 0 aliphatic carbocycles. The first-order valence-electron chi connectivity index (χ1n) is 6.54. The second kappa shape index (κ2) is 5.54. The van der Waals surface area contributed by atoms with Gasteiger partial charge < -0.3 is 10.1 Å². The van der Waals surface area contributed by atoms with Crippen molar-refractivity contribution in [2.75, 3.05) is 19.3 Å². The van der Waals surface area contributed by atoms with Crippen LogP contribution in [0.5, 0.6) is 5.75 Å². The summed E-state index contributed by atoms with van der Waals surface area (Å²) in [6.07, 6.45) is 2.08. The van der Waals surface area contributed by atoms with E-state index in [0.717, 1.165) is 17.7 Å². The lowest BCUT2D eigenvalue weighted by molar-refractivity contribution is 0.226. The Balaban J connectivity index is 1.86. The van der Waals surface area contributed by atoms with Gasteiger partial charge in [0.15, 0.2) is 9.84 Å². The van der Waals surface area contributed by atoms with Gasteiger partial charge in [0.05, 0.1) is 4.75 Å². The molecule has 1 aromatic rings. The SMILES string of the molecule is CC(C)(CNCC1Cc2cc(Cl)ccc2O1)S(C)(=O)=O. The van der Waals surface area contributed by atoms with Gasteiger partial charge in [0, 0.05) is 30.8 Å². The third-order valence-corrected chi connectivity index (χ3v) is 6.08. The van der Waals surface area contributed by atoms with E-state index < -0.39 is 14.6 Å². The third kappa shape index (κ3) is 3.45. The van der Waals surface area contributed by atoms with Gasteiger partial charge in [-0.1, -0.05) is 11.6 Å². The number of halogens is 1. The molecular formula is C14H20ClNO3S. The van der Waals surface area contributed by atoms with E-state index >= 15 is 0 Å². The van der Waals surface area contributed by atoms with Gasteiger partial charge in [0.25, 0.3) is 0 Å². The zero-order valence-electron chi connectivity index (χ0n) is 11.9. The Kier molecular flexibility index (Phi) is 4.33. The number of sulfone groups is 1. The average Bonchev–Trinajstić information content (AvgIpc) is 2.68. The summed E-state index contributed by atoms with van der Waals surface area (Å²) in [5, 5.41) is 3.89. The molecule has 4 nitrogen and oxygen atoms in total. The fourth-order valence-corrected chi connectivity index (χ4v) is 2.63. The van der Waals surface area contributed by atoms with Crippen LogP contribution in [0.4, 0.5) is 0 Å². The predicted octanol–water partition coefficient (Wildman–Crippen LogP) is 2.06. The second-order valence-electron chi connectivity index (χ2n) is 5.86. The van der Waals surface area contributed by atoms with Crippen molar-refractivity contribution in [1.82, 2.24) is 5.32 Å². The number of hydrogen-bond donors (Lipinski definition) is 1. The zero-order valence-corrected chi connectivity index (χ0v) is 13.5. The Hall–Kier alpha value is -0.780. The summed E-state index contributed by atoms with van der Waals surface area (Å²) in [6.45, 7) is 4.47. The van der Waals surface area contributed by atoms with Crippen LogP contribution in [0.2, 0.25) is 5.02 Å². The fourth-order valence-electron chi connectivity index (χ4n) is 2.07. The molecule has 0 saturated carbocycles. The molecule has 1 aliphatic rings. The third-order valence-electron chi connectivity index (χ3n) is 3.69. The lowest BCUT2D eigenvalue weighted by atomic mass is 10.1. The van der Waals surface area contributed by atoms with E-state index in [1.54, 1.807) is 13.8 Å². The van der Waals surface area contributed by atoms with Gasteiger partial charge in [0.2, 0.25) is 0 Å². The summed E-state index contributed by atoms with van der Waals surface area (Å²) in [7, 11) is -3.08. The maximum absolute atomic E-state index is 11.6. The maximum atomic E-state index is 11.6. The average molecular weight is 318 g/mol. The Bertz CT molecular complexity index is 598. The van der Waals surface area contributed by atoms with Gasteiger partial charge in [-0.15, -0.1) is 0 Å². The van der Waals surface area contributed by atoms with Crippen LogP contribution in [0.15, 0.2) is 18.2 Å². The van der Waals surface area contributed by atoms with Gasteiger partial charge in [-0.25, -0.2) is 8.42 Å². The lowest BCUT2D eigenvalue weighted by Gasteiger charge is -2.23. The molecule has 1 heterocycles. The first-order valence-corrected chi connectivity index (χ1v) is 8.81. The van der Waals surface area contributed by atoms with Crippen molar-refractivity contribution < 1.29 is 13.2 Å². The van der Waals surface area contributed by atoms with E-state index in [0.29, 0.717) is 18.1 Å². The molecule has 20 heavy (non-hydrogen) atoms. The first kappa shape index (κ1) is 15.6. The molecule has 0 fully saturated rings. The molecule has 0 bridgehead atoms. The monoisotopic (exact) mass is 317 g/mol. The van der Waals surface area contributed by atoms with Crippen molar-refractivity contribution in [3.63, 3.8) is 0 Å². The van der Waals surface area contributed by atoms with Gasteiger partial charge in [-0.3, -0.25) is 0 Å². The molecule has 0 saturated heterocycles. The number of benzene rings is 1. The summed E-state index contributed by atoms with van der Waals surface area (Å²) in [6, 6.07) is 5.60. The minimum atomic E-state index is -3.08. The molecule has 1 unspecified atom stereocenters. The highest BCUT2D eigenvalue weighted by atomic mass is 35.5. The zero-order chi connectivity index (χ0) is 15.0. The van der Waals surface area contributed by atoms with Crippen LogP contribution < -0.4 is 10.1 Å². The van der Waals surface area contributed by atoms with Crippen LogP contribution in [0.3, 0.4) is 0 Å². The van der Waals surface area contributed by atoms with Crippen LogP contribution in [-0.2, 0) is 16.3 Å². The normalized spacial score (nSPS) is 18.7. The van der Waals surface area contributed by atoms with Gasteiger partial charge in [0.1, 0.15) is 11.9 Å². The molecule has 1 aromatic carbocycles. The summed E-state index contributed by atoms with van der Waals surface area (Å²) in [5.41, 5.74) is 1.10. The van der Waals surface area contributed by atoms with Gasteiger partial charge in [-0.05, 0) is 37.6 Å². The van der Waals surface area contributed by atoms with E-state index in [1.165, 1.54) is 6.26 Å². The smallest absolute Gasteiger partial charge is 0.153 e. The number of ether oxygens (including phenoxy) is 1. The van der Waals surface area contributed by atoms with E-state index in [1.807, 2.05) is 18.2 Å². The molecule has 0 radical (unpaired) electrons. The molecule has 0 aromatic heterocycles. The highest BCUT2D eigenvalue weighted by Crippen LogP contribution is 2.30. The minimum Gasteiger partial charge on any atom is -0.488 e. The number of hydrogen-bond acceptors (Lipinski definition) is 4. The Morgan fingerprint density at radius 2 is 2.15 bits per heavy atom. The van der Waals surface area contributed by atoms with Gasteiger partial charge in [-0.2, -0.15) is 0 Å². The lowest BCUT2D eigenvalue weighted by Crippen LogP contribution is -2.44. The molecule has 1 N–H and O–H groups in total. The van der Waals surface area contributed by atoms with Crippen molar-refractivity contribution in [2.45, 2.75) is 31.1 Å². The molecule has 112 valence electrons. The summed E-state index contributed by atoms with van der Waals surface area (Å²) < 4.78 is 28.2. The molecule has 0 spiro atoms. The summed E-state index contributed by atoms with van der Waals surface area (Å²) in [4.78, 5) is 0. The van der Waals surface area contributed by atoms with E-state index in [4.69, 9.17) is 16.3 Å². The molecule has 2 rings (SSSR count). The van der Waals surface area contributed by atoms with Crippen molar-refractivity contribution in [3.05, 3.63) is 28.8 Å². The minimum absolute atomic E-state index is 0.0267. The van der Waals surface area contributed by atoms with Crippen molar-refractivity contribution in [1.29, 1.82) is 0 Å². The first-order chi connectivity index (χ1) is 9.19. The molecule has 1 aliphatic heterocycles. The molecule has 0 amide bonds. The van der Waals surface area contributed by atoms with Crippen LogP contribution in [0, 0.1) is 0 Å². The van der Waals surface area contributed by atoms with Crippen molar-refractivity contribution in [3.8, 4) is 5.75 Å². The number of fused-ring (bicyclic) bond motifs is 1. The standard InChI is InChI=1S/C14H20ClNO3S/c1-14(2,20(3,17)18)9-16-8-12-7-10-6-11(15)4-5-13(10)19-12/h4-6,12,16H,7-9H2,1-3H3. The van der Waals surface area contributed by atoms with Crippen LogP contribution >= 0.6 is 11.6 Å². The number of rotatable bonds is 5. The van der Waals surface area contributed by atoms with Crippen molar-refractivity contribution >= 4 is 21.4 Å². The summed E-state index contributed by atoms with van der Waals surface area (Å²) >= 11 is 5.95. The molecule has 1 atom stereocenters. The van der Waals surface area contributed by atoms with Crippen LogP contribution in [-0.4, -0.2) is 38.6 Å². The quantitative estimate of drug-likeness (QED) is 0.903. The Morgan fingerprint density at radius 1 is 1.45 bits per heavy atom. The number of nitrogens with one attached hydrogen (secondary N) is 1. The van der Waals surface area contributed by atoms with E-state index in [-0.39, 0.29) is 6.10 Å². The van der Waals surface area contributed by atoms with Gasteiger partial charge >= 0.3 is 0 Å². The highest BCUT2D eigenvalue weighted by Gasteiger charge is 2.30. The molecular weight excluding hydrogens is 298 g/mol. The highest BCUT2D eigenvalue weighted by molar-refractivity contribution is 7.92. The maximum Gasteiger partial charge on any atom is 0.153 e. The second-order valence-corrected chi connectivity index (χ2v) is 8.94. The van der Waals surface area contributed by atoms with E-state index in [2.05, 4.69) is 5.32 Å². The largest absolute Gasteiger partial charge is 0.488 e. The van der Waals surface area contributed by atoms with Crippen LogP contribution in [0.25, 0.3) is 0 Å². The van der Waals surface area contributed by atoms with E-state index in [9.17, 15) is 8.42 Å². The molecule has 6 heteroatoms. The predicted molar refractivity (Wildman–Crippen MR) is 81.4 cm³/mol. The fraction of sp³-hybridized carbons (Fsp3) is 0.571.